The molecule has 2 heterocycles. The predicted molar refractivity (Wildman–Crippen MR) is 168 cm³/mol. The van der Waals surface area contributed by atoms with Gasteiger partial charge in [-0.05, 0) is 60.7 Å². The third-order valence-electron chi connectivity index (χ3n) is 8.20. The summed E-state index contributed by atoms with van der Waals surface area (Å²) in [6, 6.07) is 25.1. The maximum absolute atomic E-state index is 13.2. The second-order valence-electron chi connectivity index (χ2n) is 10.7. The van der Waals surface area contributed by atoms with Crippen molar-refractivity contribution in [3.63, 3.8) is 0 Å². The highest BCUT2D eigenvalue weighted by Gasteiger charge is 2.50. The van der Waals surface area contributed by atoms with E-state index in [0.29, 0.717) is 38.3 Å². The molecule has 0 unspecified atom stereocenters. The Bertz CT molecular complexity index is 1750. The number of hydrogen-bond donors (Lipinski definition) is 3. The van der Waals surface area contributed by atoms with Crippen LogP contribution >= 0.6 is 11.6 Å². The summed E-state index contributed by atoms with van der Waals surface area (Å²) in [6.07, 6.45) is 2.60. The first-order valence-corrected chi connectivity index (χ1v) is 14.6. The highest BCUT2D eigenvalue weighted by molar-refractivity contribution is 6.32. The summed E-state index contributed by atoms with van der Waals surface area (Å²) < 4.78 is 6.01. The molecule has 2 aliphatic rings. The van der Waals surface area contributed by atoms with Gasteiger partial charge in [-0.25, -0.2) is 5.43 Å². The highest BCUT2D eigenvalue weighted by atomic mass is 35.5. The summed E-state index contributed by atoms with van der Waals surface area (Å²) in [5, 5.41) is 18.3. The molecule has 0 aromatic heterocycles. The number of anilines is 1. The Morgan fingerprint density at radius 3 is 2.48 bits per heavy atom. The van der Waals surface area contributed by atoms with Gasteiger partial charge in [0.15, 0.2) is 6.61 Å². The number of para-hydroxylation sites is 1. The van der Waals surface area contributed by atoms with Crippen LogP contribution in [0.5, 0.6) is 11.5 Å². The Kier molecular flexibility index (Phi) is 8.08. The Labute approximate surface area is 258 Å². The van der Waals surface area contributed by atoms with E-state index < -0.39 is 11.4 Å². The molecular formula is C33H30ClN5O5. The molecule has 3 amide bonds. The zero-order valence-electron chi connectivity index (χ0n) is 23.7. The van der Waals surface area contributed by atoms with Crippen LogP contribution in [0.15, 0.2) is 90.0 Å². The minimum atomic E-state index is -0.664. The smallest absolute Gasteiger partial charge is 0.271 e. The standard InChI is InChI=1S/C33H30ClN5O5/c34-27-18-22(10-12-28(27)40)31(42)37-36-19-23-11-13-29(26-9-5-4-8-25(23)26)44-20-30(41)38-16-14-33(15-17-38)32(43)35-21-39(33)24-6-2-1-3-7-24/h1-13,18-19,40H,14-17,20-21H2,(H,35,43)(H,37,42). The average Bonchev–Trinajstić information content (AvgIpc) is 3.36. The number of carbonyl (C=O) groups is 3. The van der Waals surface area contributed by atoms with Gasteiger partial charge in [-0.2, -0.15) is 5.10 Å². The van der Waals surface area contributed by atoms with Crippen LogP contribution in [-0.4, -0.2) is 65.8 Å². The number of amides is 3. The third kappa shape index (κ3) is 5.63. The second-order valence-corrected chi connectivity index (χ2v) is 11.1. The number of likely N-dealkylation sites (tertiary alicyclic amines) is 1. The molecule has 10 nitrogen and oxygen atoms in total. The van der Waals surface area contributed by atoms with Crippen molar-refractivity contribution in [3.8, 4) is 11.5 Å². The third-order valence-corrected chi connectivity index (χ3v) is 8.50. The van der Waals surface area contributed by atoms with E-state index in [1.807, 2.05) is 54.6 Å². The van der Waals surface area contributed by atoms with E-state index in [0.717, 1.165) is 22.0 Å². The van der Waals surface area contributed by atoms with Gasteiger partial charge in [0.2, 0.25) is 5.91 Å². The number of fused-ring (bicyclic) bond motifs is 1. The van der Waals surface area contributed by atoms with Crippen LogP contribution < -0.4 is 20.4 Å². The number of rotatable bonds is 7. The number of nitrogens with zero attached hydrogens (tertiary/aromatic N) is 3. The van der Waals surface area contributed by atoms with Gasteiger partial charge in [-0.15, -0.1) is 0 Å². The fourth-order valence-electron chi connectivity index (χ4n) is 5.80. The van der Waals surface area contributed by atoms with Gasteiger partial charge in [0, 0.05) is 35.3 Å². The first-order chi connectivity index (χ1) is 21.4. The fourth-order valence-corrected chi connectivity index (χ4v) is 5.98. The van der Waals surface area contributed by atoms with Crippen molar-refractivity contribution < 1.29 is 24.2 Å². The van der Waals surface area contributed by atoms with Crippen LogP contribution in [0.25, 0.3) is 10.8 Å². The number of carbonyl (C=O) groups excluding carboxylic acids is 3. The van der Waals surface area contributed by atoms with E-state index in [4.69, 9.17) is 16.3 Å². The van der Waals surface area contributed by atoms with Gasteiger partial charge in [-0.1, -0.05) is 54.1 Å². The minimum absolute atomic E-state index is 0.00381. The molecule has 0 bridgehead atoms. The topological polar surface area (TPSA) is 124 Å². The molecule has 0 radical (unpaired) electrons. The molecule has 0 atom stereocenters. The molecular weight excluding hydrogens is 582 g/mol. The number of phenols is 1. The molecule has 2 saturated heterocycles. The fraction of sp³-hybridized carbons (Fsp3) is 0.212. The monoisotopic (exact) mass is 611 g/mol. The summed E-state index contributed by atoms with van der Waals surface area (Å²) >= 11 is 5.89. The maximum atomic E-state index is 13.2. The molecule has 224 valence electrons. The SMILES string of the molecule is O=C(NN=Cc1ccc(OCC(=O)N2CCC3(CC2)C(=O)NCN3c2ccccc2)c2ccccc12)c1ccc(O)c(Cl)c1. The van der Waals surface area contributed by atoms with Crippen molar-refractivity contribution in [1.29, 1.82) is 0 Å². The van der Waals surface area contributed by atoms with Gasteiger partial charge in [0.05, 0.1) is 17.9 Å². The Balaban J connectivity index is 1.09. The Morgan fingerprint density at radius 1 is 1.00 bits per heavy atom. The van der Waals surface area contributed by atoms with Gasteiger partial charge in [0.1, 0.15) is 17.0 Å². The molecule has 1 spiro atoms. The van der Waals surface area contributed by atoms with E-state index in [9.17, 15) is 19.5 Å². The number of ether oxygens (including phenoxy) is 1. The number of nitrogens with one attached hydrogen (secondary N) is 2. The van der Waals surface area contributed by atoms with Crippen molar-refractivity contribution >= 4 is 52.0 Å². The van der Waals surface area contributed by atoms with Gasteiger partial charge in [-0.3, -0.25) is 14.4 Å². The van der Waals surface area contributed by atoms with Gasteiger partial charge >= 0.3 is 0 Å². The van der Waals surface area contributed by atoms with E-state index in [-0.39, 0.29) is 34.8 Å². The lowest BCUT2D eigenvalue weighted by atomic mass is 9.85. The first-order valence-electron chi connectivity index (χ1n) is 14.2. The molecule has 4 aromatic carbocycles. The summed E-state index contributed by atoms with van der Waals surface area (Å²) in [6.45, 7) is 1.23. The number of piperidine rings is 1. The number of hydrazone groups is 1. The lowest BCUT2D eigenvalue weighted by Crippen LogP contribution is -2.57. The maximum Gasteiger partial charge on any atom is 0.271 e. The number of hydrogen-bond acceptors (Lipinski definition) is 7. The average molecular weight is 612 g/mol. The lowest BCUT2D eigenvalue weighted by Gasteiger charge is -2.43. The predicted octanol–water partition coefficient (Wildman–Crippen LogP) is 4.30. The molecule has 2 fully saturated rings. The van der Waals surface area contributed by atoms with Crippen molar-refractivity contribution in [3.05, 3.63) is 101 Å². The normalized spacial score (nSPS) is 16.0. The van der Waals surface area contributed by atoms with Crippen molar-refractivity contribution in [2.75, 3.05) is 31.3 Å². The number of aromatic hydroxyl groups is 1. The minimum Gasteiger partial charge on any atom is -0.506 e. The van der Waals surface area contributed by atoms with Crippen molar-refractivity contribution in [1.82, 2.24) is 15.6 Å². The summed E-state index contributed by atoms with van der Waals surface area (Å²) in [5.74, 6) is -0.177. The van der Waals surface area contributed by atoms with E-state index in [1.54, 1.807) is 17.0 Å². The molecule has 4 aromatic rings. The summed E-state index contributed by atoms with van der Waals surface area (Å²) in [4.78, 5) is 42.4. The molecule has 11 heteroatoms. The van der Waals surface area contributed by atoms with E-state index >= 15 is 0 Å². The van der Waals surface area contributed by atoms with Crippen LogP contribution in [0, 0.1) is 0 Å². The molecule has 0 aliphatic carbocycles. The van der Waals surface area contributed by atoms with Crippen LogP contribution in [-0.2, 0) is 9.59 Å². The summed E-state index contributed by atoms with van der Waals surface area (Å²) in [7, 11) is 0. The highest BCUT2D eigenvalue weighted by Crippen LogP contribution is 2.36. The van der Waals surface area contributed by atoms with Crippen LogP contribution in [0.4, 0.5) is 5.69 Å². The molecule has 3 N–H and O–H groups in total. The van der Waals surface area contributed by atoms with Gasteiger partial charge in [0.25, 0.3) is 11.8 Å². The largest absolute Gasteiger partial charge is 0.506 e. The first kappa shape index (κ1) is 29.0. The second kappa shape index (κ2) is 12.3. The molecule has 6 rings (SSSR count). The zero-order valence-corrected chi connectivity index (χ0v) is 24.5. The molecule has 2 aliphatic heterocycles. The quantitative estimate of drug-likeness (QED) is 0.212. The summed E-state index contributed by atoms with van der Waals surface area (Å²) in [5.41, 5.74) is 3.78. The Hall–Kier alpha value is -5.09. The number of phenolic OH excluding ortho intramolecular Hbond substituents is 1. The Morgan fingerprint density at radius 2 is 1.73 bits per heavy atom. The number of halogens is 1. The number of benzene rings is 4. The van der Waals surface area contributed by atoms with Crippen LogP contribution in [0.3, 0.4) is 0 Å². The van der Waals surface area contributed by atoms with E-state index in [2.05, 4.69) is 20.7 Å². The molecule has 44 heavy (non-hydrogen) atoms. The van der Waals surface area contributed by atoms with Crippen molar-refractivity contribution in [2.24, 2.45) is 5.10 Å². The van der Waals surface area contributed by atoms with E-state index in [1.165, 1.54) is 24.4 Å². The van der Waals surface area contributed by atoms with Crippen LogP contribution in [0.1, 0.15) is 28.8 Å². The molecule has 0 saturated carbocycles. The lowest BCUT2D eigenvalue weighted by molar-refractivity contribution is -0.137. The van der Waals surface area contributed by atoms with Crippen molar-refractivity contribution in [2.45, 2.75) is 18.4 Å². The van der Waals surface area contributed by atoms with Crippen LogP contribution in [0.2, 0.25) is 5.02 Å². The van der Waals surface area contributed by atoms with Gasteiger partial charge < -0.3 is 25.0 Å². The zero-order chi connectivity index (χ0) is 30.7.